The van der Waals surface area contributed by atoms with Gasteiger partial charge in [-0.15, -0.1) is 0 Å². The number of aliphatic hydroxyl groups is 8. The Bertz CT molecular complexity index is 3730. The van der Waals surface area contributed by atoms with Gasteiger partial charge in [0.15, 0.2) is 47.7 Å². The molecule has 37 heteroatoms. The molecule has 5 amide bonds. The number of carboxylic acid groups (broad SMARTS) is 2. The van der Waals surface area contributed by atoms with E-state index in [1.54, 1.807) is 0 Å². The summed E-state index contributed by atoms with van der Waals surface area (Å²) in [5.74, 6) is -4.48. The van der Waals surface area contributed by atoms with Crippen molar-refractivity contribution >= 4 is 58.9 Å². The average Bonchev–Trinajstić information content (AvgIpc) is 1.63. The van der Waals surface area contributed by atoms with Gasteiger partial charge in [-0.25, -0.2) is 29.0 Å². The Kier molecular flexibility index (Phi) is 28.3. The zero-order valence-electron chi connectivity index (χ0n) is 58.6. The predicted octanol–water partition coefficient (Wildman–Crippen LogP) is 0.387. The summed E-state index contributed by atoms with van der Waals surface area (Å²) in [6.07, 6.45) is -21.6. The van der Waals surface area contributed by atoms with Crippen LogP contribution in [-0.4, -0.2) is 289 Å². The maximum absolute atomic E-state index is 14.6. The molecule has 4 saturated heterocycles. The molecule has 4 aromatic rings. The van der Waals surface area contributed by atoms with E-state index in [0.29, 0.717) is 90.0 Å². The number of unbranched alkanes of at least 4 members (excludes halogenated alkanes) is 2. The molecule has 37 nitrogen and oxygen atoms in total. The van der Waals surface area contributed by atoms with Gasteiger partial charge >= 0.3 is 24.1 Å². The Morgan fingerprint density at radius 2 is 0.953 bits per heavy atom. The highest BCUT2D eigenvalue weighted by molar-refractivity contribution is 6.07. The second kappa shape index (κ2) is 37.7. The number of carboxylic acids is 2. The molecule has 6 aliphatic heterocycles. The molecule has 0 aromatic heterocycles. The number of aliphatic carboxylic acids is 2. The number of fused-ring (bicyclic) bond motifs is 4. The number of anilines is 3. The minimum Gasteiger partial charge on any atom is -0.493 e. The maximum atomic E-state index is 14.6. The van der Waals surface area contributed by atoms with Crippen molar-refractivity contribution < 1.29 is 151 Å². The molecule has 4 fully saturated rings. The molecule has 4 aromatic carbocycles. The third-order valence-corrected chi connectivity index (χ3v) is 18.5. The topological polar surface area (TPSA) is 502 Å². The second-order valence-electron chi connectivity index (χ2n) is 25.6. The van der Waals surface area contributed by atoms with Crippen molar-refractivity contribution in [3.63, 3.8) is 0 Å². The molecule has 10 rings (SSSR count). The van der Waals surface area contributed by atoms with Crippen LogP contribution in [0.1, 0.15) is 83.2 Å². The van der Waals surface area contributed by atoms with Gasteiger partial charge < -0.3 is 138 Å². The van der Waals surface area contributed by atoms with Gasteiger partial charge in [0, 0.05) is 31.8 Å². The van der Waals surface area contributed by atoms with Crippen LogP contribution in [0.4, 0.5) is 26.7 Å². The number of nitrogens with one attached hydrogen (secondary N) is 1. The summed E-state index contributed by atoms with van der Waals surface area (Å²) in [7, 11) is 2.74. The summed E-state index contributed by atoms with van der Waals surface area (Å²) in [5.41, 5.74) is 5.85. The first-order chi connectivity index (χ1) is 51.5. The first-order valence-corrected chi connectivity index (χ1v) is 34.8. The number of carbonyl (C=O) groups is 7. The molecule has 6 aliphatic rings. The van der Waals surface area contributed by atoms with Gasteiger partial charge in [0.25, 0.3) is 11.8 Å². The minimum atomic E-state index is -2.03. The largest absolute Gasteiger partial charge is 0.493 e. The Balaban J connectivity index is 0.773. The lowest BCUT2D eigenvalue weighted by atomic mass is 9.99. The summed E-state index contributed by atoms with van der Waals surface area (Å²) in [6, 6.07) is 13.8. The molecule has 107 heavy (non-hydrogen) atoms. The van der Waals surface area contributed by atoms with E-state index in [1.807, 2.05) is 0 Å². The summed E-state index contributed by atoms with van der Waals surface area (Å²) in [4.78, 5) is 99.2. The second-order valence-corrected chi connectivity index (χ2v) is 25.6. The van der Waals surface area contributed by atoms with Gasteiger partial charge in [0.05, 0.1) is 127 Å². The van der Waals surface area contributed by atoms with Crippen LogP contribution in [0.2, 0.25) is 0 Å². The van der Waals surface area contributed by atoms with Crippen LogP contribution < -0.4 is 49.3 Å². The number of methoxy groups -OCH3 is 2. The van der Waals surface area contributed by atoms with Crippen LogP contribution >= 0.6 is 0 Å². The van der Waals surface area contributed by atoms with Gasteiger partial charge in [-0.1, -0.05) is 18.2 Å². The van der Waals surface area contributed by atoms with Crippen molar-refractivity contribution in [3.05, 3.63) is 89.0 Å². The summed E-state index contributed by atoms with van der Waals surface area (Å²) >= 11 is 0. The molecular weight excluding hydrogens is 1420 g/mol. The number of nitrogens with two attached hydrogens (primary N) is 1. The normalized spacial score (nSPS) is 25.3. The van der Waals surface area contributed by atoms with Crippen molar-refractivity contribution in [1.82, 2.24) is 9.80 Å². The quantitative estimate of drug-likeness (QED) is 0.0277. The monoisotopic (exact) mass is 1510 g/mol. The molecular formula is C70H90N6O31. The molecule has 13 N–H and O–H groups in total. The number of nitrogens with zero attached hydrogens (tertiary/aromatic N) is 4. The fourth-order valence-electron chi connectivity index (χ4n) is 12.9. The molecule has 0 bridgehead atoms. The smallest absolute Gasteiger partial charge is 0.416 e. The van der Waals surface area contributed by atoms with E-state index in [1.165, 1.54) is 90.7 Å². The van der Waals surface area contributed by atoms with E-state index in [2.05, 4.69) is 5.32 Å². The molecule has 0 aliphatic carbocycles. The van der Waals surface area contributed by atoms with Crippen molar-refractivity contribution in [2.45, 2.75) is 151 Å². The van der Waals surface area contributed by atoms with Crippen LogP contribution in [0.3, 0.4) is 0 Å². The van der Waals surface area contributed by atoms with Crippen molar-refractivity contribution in [1.29, 1.82) is 0 Å². The molecule has 14 atom stereocenters. The van der Waals surface area contributed by atoms with Crippen LogP contribution in [-0.2, 0) is 65.5 Å². The van der Waals surface area contributed by atoms with E-state index in [0.717, 1.165) is 9.80 Å². The van der Waals surface area contributed by atoms with Gasteiger partial charge in [-0.2, -0.15) is 0 Å². The molecule has 586 valence electrons. The van der Waals surface area contributed by atoms with E-state index < -0.39 is 134 Å². The van der Waals surface area contributed by atoms with Crippen molar-refractivity contribution in [2.75, 3.05) is 115 Å². The lowest BCUT2D eigenvalue weighted by Gasteiger charge is -2.38. The summed E-state index contributed by atoms with van der Waals surface area (Å²) in [5, 5.41) is 108. The SMILES string of the molecule is COc1cc2c(cc1OCCCCCOc1cc3c(cc1OC)C(=O)N1CCC[C@H]1[C@H](O)N3C(=O)OCc1ccc(O[C@@H]3O[C@H](C(=O)O)[C@@H](O)[C@H](O)[C@H]3O)c(NC(=O)CCOCCOCCOCCOCCN)c1)N(C(=O)OCc1ccc(O[C@@H]3O[C@H](C(=O)O)[C@@H](O)[C@H](O)[C@H]3O)cc1)[C@@H](O)[C@@H]1CCCN1C2=O. The van der Waals surface area contributed by atoms with E-state index in [4.69, 9.17) is 72.0 Å². The van der Waals surface area contributed by atoms with Gasteiger partial charge in [0.2, 0.25) is 18.5 Å². The highest BCUT2D eigenvalue weighted by Gasteiger charge is 2.51. The molecule has 6 heterocycles. The van der Waals surface area contributed by atoms with Gasteiger partial charge in [0.1, 0.15) is 61.3 Å². The van der Waals surface area contributed by atoms with E-state index >= 15 is 0 Å². The van der Waals surface area contributed by atoms with Gasteiger partial charge in [-0.3, -0.25) is 14.4 Å². The van der Waals surface area contributed by atoms with Crippen LogP contribution in [0, 0.1) is 0 Å². The number of carbonyl (C=O) groups excluding carboxylic acids is 5. The lowest BCUT2D eigenvalue weighted by Crippen LogP contribution is -2.61. The highest BCUT2D eigenvalue weighted by Crippen LogP contribution is 2.44. The third-order valence-electron chi connectivity index (χ3n) is 18.5. The molecule has 0 spiro atoms. The number of aliphatic hydroxyl groups excluding tert-OH is 8. The zero-order chi connectivity index (χ0) is 76.6. The maximum Gasteiger partial charge on any atom is 0.416 e. The number of hydrogen-bond acceptors (Lipinski definition) is 30. The number of hydrogen-bond donors (Lipinski definition) is 12. The standard InChI is InChI=1S/C70H90N6O31/c1-94-48-31-40-45(75(63(86)43-8-6-18-73(43)61(40)84)69(92)102-35-37-10-13-39(14-11-37)104-67-57(82)53(78)55(80)59(106-67)65(88)89)33-50(48)100-20-4-3-5-21-101-51-34-46-41(32-49(51)95-2)62(85)74-19-7-9-44(74)64(87)76(46)70(93)103-36-38-12-15-47(105-68-58(83)54(79)56(81)60(107-68)66(90)91)42(30-38)72-52(77)16-22-96-24-26-98-28-29-99-27-25-97-23-17-71/h10-15,30-34,43-44,53-60,63-64,67-68,78-83,86-87H,3-9,16-29,35-36,71H2,1-2H3,(H,72,77)(H,88,89)(H,90,91)/t43-,44-,53-,54-,55-,56-,57+,58+,59-,60-,63-,64-,67+,68+/m0/s1. The molecule has 0 radical (unpaired) electrons. The predicted molar refractivity (Wildman–Crippen MR) is 365 cm³/mol. The Morgan fingerprint density at radius 1 is 0.505 bits per heavy atom. The first kappa shape index (κ1) is 80.5. The fraction of sp³-hybridized carbons (Fsp3) is 0.557. The average molecular weight is 1510 g/mol. The Morgan fingerprint density at radius 3 is 1.42 bits per heavy atom. The molecule has 0 unspecified atom stereocenters. The van der Waals surface area contributed by atoms with Crippen molar-refractivity contribution in [2.24, 2.45) is 5.73 Å². The highest BCUT2D eigenvalue weighted by atomic mass is 16.7. The number of amides is 5. The number of benzene rings is 4. The number of ether oxygens (including phenoxy) is 14. The summed E-state index contributed by atoms with van der Waals surface area (Å²) in [6.45, 7) is 2.28. The third kappa shape index (κ3) is 19.3. The Hall–Kier alpha value is -9.03. The first-order valence-electron chi connectivity index (χ1n) is 34.8. The fourth-order valence-corrected chi connectivity index (χ4v) is 12.9. The lowest BCUT2D eigenvalue weighted by molar-refractivity contribution is -0.271. The summed E-state index contributed by atoms with van der Waals surface area (Å²) < 4.78 is 79.2. The van der Waals surface area contributed by atoms with Crippen LogP contribution in [0.15, 0.2) is 66.7 Å². The van der Waals surface area contributed by atoms with Crippen molar-refractivity contribution in [3.8, 4) is 34.5 Å². The van der Waals surface area contributed by atoms with Gasteiger partial charge in [-0.05, 0) is 92.5 Å². The van der Waals surface area contributed by atoms with Crippen LogP contribution in [0.25, 0.3) is 0 Å². The van der Waals surface area contributed by atoms with E-state index in [9.17, 15) is 84.6 Å². The molecule has 0 saturated carbocycles. The minimum absolute atomic E-state index is 0.0147. The zero-order valence-corrected chi connectivity index (χ0v) is 58.6. The number of rotatable bonds is 35. The Labute approximate surface area is 612 Å². The van der Waals surface area contributed by atoms with E-state index in [-0.39, 0.29) is 127 Å². The van der Waals surface area contributed by atoms with Crippen LogP contribution in [0.5, 0.6) is 34.5 Å².